The van der Waals surface area contributed by atoms with Crippen molar-refractivity contribution < 1.29 is 14.7 Å². The van der Waals surface area contributed by atoms with Gasteiger partial charge >= 0.3 is 12.0 Å². The van der Waals surface area contributed by atoms with Crippen LogP contribution in [0, 0.1) is 5.92 Å². The summed E-state index contributed by atoms with van der Waals surface area (Å²) in [6.45, 7) is 3.74. The summed E-state index contributed by atoms with van der Waals surface area (Å²) in [5, 5.41) is 8.98. The van der Waals surface area contributed by atoms with Crippen LogP contribution in [-0.2, 0) is 11.3 Å². The van der Waals surface area contributed by atoms with Crippen molar-refractivity contribution in [3.8, 4) is 0 Å². The van der Waals surface area contributed by atoms with Crippen LogP contribution in [-0.4, -0.2) is 51.5 Å². The Morgan fingerprint density at radius 3 is 2.85 bits per heavy atom. The Balaban J connectivity index is 1.98. The van der Waals surface area contributed by atoms with Gasteiger partial charge in [0.05, 0.1) is 18.2 Å². The predicted molar refractivity (Wildman–Crippen MR) is 73.0 cm³/mol. The number of nitrogens with zero attached hydrogens (tertiary/aromatic N) is 3. The lowest BCUT2D eigenvalue weighted by molar-refractivity contribution is -0.141. The van der Waals surface area contributed by atoms with Crippen molar-refractivity contribution in [2.45, 2.75) is 19.9 Å². The van der Waals surface area contributed by atoms with Gasteiger partial charge in [0.25, 0.3) is 0 Å². The lowest BCUT2D eigenvalue weighted by Crippen LogP contribution is -2.42. The lowest BCUT2D eigenvalue weighted by atomic mass is 10.1. The molecule has 0 aliphatic carbocycles. The molecule has 1 atom stereocenters. The molecule has 1 saturated heterocycles. The van der Waals surface area contributed by atoms with Gasteiger partial charge in [-0.05, 0) is 25.5 Å². The van der Waals surface area contributed by atoms with Crippen molar-refractivity contribution in [1.82, 2.24) is 14.8 Å². The third-order valence-corrected chi connectivity index (χ3v) is 3.54. The molecule has 1 aromatic rings. The third-order valence-electron chi connectivity index (χ3n) is 3.54. The fraction of sp³-hybridized carbons (Fsp3) is 0.500. The first-order valence-electron chi connectivity index (χ1n) is 6.78. The molecule has 0 spiro atoms. The number of hydrogen-bond acceptors (Lipinski definition) is 3. The number of aromatic nitrogens is 1. The molecule has 2 rings (SSSR count). The molecular formula is C14H19N3O3. The first-order chi connectivity index (χ1) is 9.61. The Hall–Kier alpha value is -2.11. The van der Waals surface area contributed by atoms with Crippen molar-refractivity contribution >= 4 is 12.0 Å². The van der Waals surface area contributed by atoms with Crippen LogP contribution in [0.1, 0.15) is 19.0 Å². The molecule has 2 heterocycles. The zero-order chi connectivity index (χ0) is 14.5. The number of aliphatic carboxylic acids is 1. The molecule has 0 bridgehead atoms. The maximum absolute atomic E-state index is 12.4. The van der Waals surface area contributed by atoms with Crippen LogP contribution in [0.3, 0.4) is 0 Å². The molecule has 0 radical (unpaired) electrons. The summed E-state index contributed by atoms with van der Waals surface area (Å²) >= 11 is 0. The summed E-state index contributed by atoms with van der Waals surface area (Å²) in [4.78, 5) is 30.8. The fourth-order valence-corrected chi connectivity index (χ4v) is 2.34. The number of urea groups is 1. The van der Waals surface area contributed by atoms with Gasteiger partial charge in [0, 0.05) is 25.8 Å². The maximum atomic E-state index is 12.4. The molecule has 20 heavy (non-hydrogen) atoms. The Labute approximate surface area is 118 Å². The van der Waals surface area contributed by atoms with Crippen molar-refractivity contribution in [2.24, 2.45) is 5.92 Å². The zero-order valence-corrected chi connectivity index (χ0v) is 11.5. The number of carboxylic acid groups (broad SMARTS) is 1. The molecule has 0 aromatic carbocycles. The molecule has 108 valence electrons. The average Bonchev–Trinajstić information content (AvgIpc) is 2.95. The summed E-state index contributed by atoms with van der Waals surface area (Å²) < 4.78 is 0. The first-order valence-corrected chi connectivity index (χ1v) is 6.78. The van der Waals surface area contributed by atoms with E-state index in [1.807, 2.05) is 25.1 Å². The molecule has 1 aliphatic rings. The van der Waals surface area contributed by atoms with E-state index in [4.69, 9.17) is 5.11 Å². The van der Waals surface area contributed by atoms with Gasteiger partial charge in [-0.1, -0.05) is 6.07 Å². The summed E-state index contributed by atoms with van der Waals surface area (Å²) in [6.07, 6.45) is 2.23. The second kappa shape index (κ2) is 6.36. The zero-order valence-electron chi connectivity index (χ0n) is 11.5. The van der Waals surface area contributed by atoms with Crippen molar-refractivity contribution in [2.75, 3.05) is 19.6 Å². The van der Waals surface area contributed by atoms with Crippen molar-refractivity contribution in [1.29, 1.82) is 0 Å². The fourth-order valence-electron chi connectivity index (χ4n) is 2.34. The largest absolute Gasteiger partial charge is 0.481 e. The molecule has 1 N–H and O–H groups in total. The van der Waals surface area contributed by atoms with E-state index in [9.17, 15) is 9.59 Å². The van der Waals surface area contributed by atoms with E-state index in [0.29, 0.717) is 32.6 Å². The predicted octanol–water partition coefficient (Wildman–Crippen LogP) is 1.43. The van der Waals surface area contributed by atoms with E-state index in [2.05, 4.69) is 4.98 Å². The van der Waals surface area contributed by atoms with Crippen LogP contribution < -0.4 is 0 Å². The van der Waals surface area contributed by atoms with Crippen LogP contribution in [0.5, 0.6) is 0 Å². The molecule has 1 unspecified atom stereocenters. The topological polar surface area (TPSA) is 73.7 Å². The van der Waals surface area contributed by atoms with E-state index in [1.54, 1.807) is 16.0 Å². The van der Waals surface area contributed by atoms with Gasteiger partial charge in [-0.3, -0.25) is 9.78 Å². The number of carbonyl (C=O) groups excluding carboxylic acids is 1. The van der Waals surface area contributed by atoms with Gasteiger partial charge in [0.1, 0.15) is 0 Å². The molecule has 1 aliphatic heterocycles. The van der Waals surface area contributed by atoms with E-state index in [0.717, 1.165) is 5.69 Å². The highest BCUT2D eigenvalue weighted by molar-refractivity contribution is 5.77. The second-order valence-electron chi connectivity index (χ2n) is 4.89. The molecule has 2 amide bonds. The van der Waals surface area contributed by atoms with E-state index < -0.39 is 11.9 Å². The molecule has 6 nitrogen and oxygen atoms in total. The minimum atomic E-state index is -0.826. The van der Waals surface area contributed by atoms with Crippen LogP contribution in [0.15, 0.2) is 24.4 Å². The number of hydrogen-bond donors (Lipinski definition) is 1. The number of carbonyl (C=O) groups is 2. The Morgan fingerprint density at radius 2 is 2.30 bits per heavy atom. The number of carboxylic acids is 1. The van der Waals surface area contributed by atoms with E-state index in [-0.39, 0.29) is 6.03 Å². The highest BCUT2D eigenvalue weighted by Gasteiger charge is 2.32. The summed E-state index contributed by atoms with van der Waals surface area (Å²) in [5.41, 5.74) is 0.830. The summed E-state index contributed by atoms with van der Waals surface area (Å²) in [6, 6.07) is 5.48. The number of pyridine rings is 1. The third kappa shape index (κ3) is 3.26. The highest BCUT2D eigenvalue weighted by atomic mass is 16.4. The highest BCUT2D eigenvalue weighted by Crippen LogP contribution is 2.18. The van der Waals surface area contributed by atoms with Crippen LogP contribution in [0.2, 0.25) is 0 Å². The maximum Gasteiger partial charge on any atom is 0.320 e. The number of likely N-dealkylation sites (tertiary alicyclic amines) is 1. The second-order valence-corrected chi connectivity index (χ2v) is 4.89. The van der Waals surface area contributed by atoms with Gasteiger partial charge in [-0.15, -0.1) is 0 Å². The minimum absolute atomic E-state index is 0.109. The smallest absolute Gasteiger partial charge is 0.320 e. The van der Waals surface area contributed by atoms with E-state index >= 15 is 0 Å². The SMILES string of the molecule is CCN(Cc1ccccn1)C(=O)N1CCC(C(=O)O)C1. The normalized spacial score (nSPS) is 18.1. The Kier molecular flexibility index (Phi) is 4.55. The molecule has 1 fully saturated rings. The first kappa shape index (κ1) is 14.3. The van der Waals surface area contributed by atoms with E-state index in [1.165, 1.54) is 0 Å². The molecule has 0 saturated carbocycles. The van der Waals surface area contributed by atoms with Crippen LogP contribution in [0.25, 0.3) is 0 Å². The van der Waals surface area contributed by atoms with Gasteiger partial charge in [0.2, 0.25) is 0 Å². The van der Waals surface area contributed by atoms with Crippen LogP contribution in [0.4, 0.5) is 4.79 Å². The average molecular weight is 277 g/mol. The quantitative estimate of drug-likeness (QED) is 0.903. The van der Waals surface area contributed by atoms with Gasteiger partial charge in [-0.25, -0.2) is 4.79 Å². The monoisotopic (exact) mass is 277 g/mol. The van der Waals surface area contributed by atoms with Gasteiger partial charge in [0.15, 0.2) is 0 Å². The summed E-state index contributed by atoms with van der Waals surface area (Å²) in [7, 11) is 0. The number of amides is 2. The summed E-state index contributed by atoms with van der Waals surface area (Å²) in [5.74, 6) is -1.26. The molecule has 1 aromatic heterocycles. The standard InChI is InChI=1S/C14H19N3O3/c1-2-16(10-12-5-3-4-7-15-12)14(20)17-8-6-11(9-17)13(18)19/h3-5,7,11H,2,6,8-10H2,1H3,(H,18,19). The molecule has 6 heteroatoms. The van der Waals surface area contributed by atoms with Gasteiger partial charge in [-0.2, -0.15) is 0 Å². The number of rotatable bonds is 4. The Morgan fingerprint density at radius 1 is 1.50 bits per heavy atom. The minimum Gasteiger partial charge on any atom is -0.481 e. The molecular weight excluding hydrogens is 258 g/mol. The van der Waals surface area contributed by atoms with Crippen molar-refractivity contribution in [3.05, 3.63) is 30.1 Å². The Bertz CT molecular complexity index is 478. The van der Waals surface area contributed by atoms with Gasteiger partial charge < -0.3 is 14.9 Å². The van der Waals surface area contributed by atoms with Crippen molar-refractivity contribution in [3.63, 3.8) is 0 Å². The van der Waals surface area contributed by atoms with Crippen LogP contribution >= 0.6 is 0 Å². The lowest BCUT2D eigenvalue weighted by Gasteiger charge is -2.26.